The molecule has 1 unspecified atom stereocenters. The molecule has 0 rings (SSSR count). The fourth-order valence-electron chi connectivity index (χ4n) is 0.395. The van der Waals surface area contributed by atoms with Crippen LogP contribution in [0.1, 0.15) is 6.42 Å². The number of hydrogen-bond acceptors (Lipinski definition) is 5. The topological polar surface area (TPSA) is 89.9 Å². The van der Waals surface area contributed by atoms with Gasteiger partial charge in [-0.3, -0.25) is 9.42 Å². The summed E-state index contributed by atoms with van der Waals surface area (Å²) in [5.74, 6) is 0. The van der Waals surface area contributed by atoms with Crippen molar-refractivity contribution in [1.29, 1.82) is 0 Å². The summed E-state index contributed by atoms with van der Waals surface area (Å²) in [6, 6.07) is 0. The van der Waals surface area contributed by atoms with Crippen LogP contribution >= 0.6 is 7.91 Å². The number of halogens is 2. The van der Waals surface area contributed by atoms with Gasteiger partial charge >= 0.3 is 18.4 Å². The van der Waals surface area contributed by atoms with Gasteiger partial charge in [-0.1, -0.05) is 3.89 Å². The van der Waals surface area contributed by atoms with Crippen LogP contribution in [-0.4, -0.2) is 26.5 Å². The van der Waals surface area contributed by atoms with Gasteiger partial charge in [0.25, 0.3) is 0 Å². The quantitative estimate of drug-likeness (QED) is 0.417. The molecular weight excluding hydrogens is 233 g/mol. The van der Waals surface area contributed by atoms with Crippen LogP contribution in [0.25, 0.3) is 0 Å². The van der Waals surface area contributed by atoms with Crippen molar-refractivity contribution >= 4 is 18.4 Å². The lowest BCUT2D eigenvalue weighted by Crippen LogP contribution is -2.02. The Kier molecular flexibility index (Phi) is 4.93. The first kappa shape index (κ1) is 12.9. The lowest BCUT2D eigenvalue weighted by Gasteiger charge is -2.01. The average Bonchev–Trinajstić information content (AvgIpc) is 1.81. The molecule has 1 N–H and O–H groups in total. The van der Waals surface area contributed by atoms with Crippen molar-refractivity contribution in [2.75, 3.05) is 13.2 Å². The molecule has 0 aliphatic rings. The van der Waals surface area contributed by atoms with Crippen LogP contribution in [0.3, 0.4) is 0 Å². The van der Waals surface area contributed by atoms with E-state index in [1.54, 1.807) is 0 Å². The van der Waals surface area contributed by atoms with Gasteiger partial charge in [0.05, 0.1) is 13.2 Å². The van der Waals surface area contributed by atoms with Crippen molar-refractivity contribution in [3.05, 3.63) is 0 Å². The lowest BCUT2D eigenvalue weighted by molar-refractivity contribution is 0.201. The molecule has 10 heteroatoms. The van der Waals surface area contributed by atoms with E-state index in [2.05, 4.69) is 8.71 Å². The molecule has 0 aromatic heterocycles. The first-order valence-electron chi connectivity index (χ1n) is 2.97. The third-order valence-corrected chi connectivity index (χ3v) is 1.71. The van der Waals surface area contributed by atoms with E-state index in [1.165, 1.54) is 0 Å². The summed E-state index contributed by atoms with van der Waals surface area (Å²) in [5, 5.41) is 0. The van der Waals surface area contributed by atoms with E-state index in [0.29, 0.717) is 0 Å². The van der Waals surface area contributed by atoms with Gasteiger partial charge in [0.15, 0.2) is 0 Å². The van der Waals surface area contributed by atoms with Crippen molar-refractivity contribution in [1.82, 2.24) is 0 Å². The molecule has 1 atom stereocenters. The number of rotatable bonds is 6. The minimum Gasteiger partial charge on any atom is -0.299 e. The second-order valence-corrected chi connectivity index (χ2v) is 4.04. The van der Waals surface area contributed by atoms with Crippen LogP contribution in [0, 0.1) is 0 Å². The molecule has 0 aliphatic heterocycles. The molecule has 80 valence electrons. The fraction of sp³-hybridized carbons (Fsp3) is 1.00. The van der Waals surface area contributed by atoms with Crippen LogP contribution in [0.15, 0.2) is 0 Å². The molecule has 0 heterocycles. The molecule has 0 amide bonds. The highest BCUT2D eigenvalue weighted by Gasteiger charge is 2.16. The van der Waals surface area contributed by atoms with Crippen LogP contribution < -0.4 is 0 Å². The Morgan fingerprint density at radius 2 is 1.92 bits per heavy atom. The van der Waals surface area contributed by atoms with Crippen LogP contribution in [-0.2, 0) is 23.8 Å². The second-order valence-electron chi connectivity index (χ2n) is 1.85. The van der Waals surface area contributed by atoms with Crippen molar-refractivity contribution in [3.8, 4) is 0 Å². The van der Waals surface area contributed by atoms with Crippen molar-refractivity contribution < 1.29 is 34.7 Å². The second kappa shape index (κ2) is 4.97. The van der Waals surface area contributed by atoms with E-state index in [0.717, 1.165) is 0 Å². The van der Waals surface area contributed by atoms with Crippen LogP contribution in [0.4, 0.5) is 8.08 Å². The summed E-state index contributed by atoms with van der Waals surface area (Å²) < 4.78 is 59.7. The van der Waals surface area contributed by atoms with Gasteiger partial charge in [0.2, 0.25) is 0 Å². The average molecular weight is 240 g/mol. The predicted octanol–water partition coefficient (Wildman–Crippen LogP) is 0.694. The Balaban J connectivity index is 3.44. The minimum atomic E-state index is -5.05. The number of hydrogen-bond donors (Lipinski definition) is 1. The van der Waals surface area contributed by atoms with E-state index in [1.807, 2.05) is 0 Å². The standard InChI is InChI=1S/C3H7F2O6PS/c4-12(6,7)10-2-1-3-11-13(5,8)9/h1-3H2,(H,6,7). The molecule has 0 saturated heterocycles. The third-order valence-electron chi connectivity index (χ3n) is 0.763. The highest BCUT2D eigenvalue weighted by molar-refractivity contribution is 7.81. The Labute approximate surface area is 73.5 Å². The zero-order valence-corrected chi connectivity index (χ0v) is 7.93. The maximum Gasteiger partial charge on any atom is 0.510 e. The smallest absolute Gasteiger partial charge is 0.299 e. The molecular formula is C3H7F2O6PS. The van der Waals surface area contributed by atoms with Crippen molar-refractivity contribution in [2.24, 2.45) is 0 Å². The van der Waals surface area contributed by atoms with E-state index >= 15 is 0 Å². The molecule has 13 heavy (non-hydrogen) atoms. The van der Waals surface area contributed by atoms with Gasteiger partial charge in [-0.15, -0.1) is 4.20 Å². The zero-order chi connectivity index (χ0) is 10.5. The largest absolute Gasteiger partial charge is 0.510 e. The first-order chi connectivity index (χ1) is 5.71. The normalized spacial score (nSPS) is 16.8. The Bertz CT molecular complexity index is 282. The molecule has 0 radical (unpaired) electrons. The molecule has 0 saturated carbocycles. The predicted molar refractivity (Wildman–Crippen MR) is 37.5 cm³/mol. The molecule has 6 nitrogen and oxygen atoms in total. The highest BCUT2D eigenvalue weighted by Crippen LogP contribution is 2.43. The summed E-state index contributed by atoms with van der Waals surface area (Å²) in [6.07, 6.45) is -0.225. The van der Waals surface area contributed by atoms with Gasteiger partial charge in [-0.2, -0.15) is 8.42 Å². The SMILES string of the molecule is O=P(O)(F)OCCCOS(=O)(=O)F. The Morgan fingerprint density at radius 3 is 2.31 bits per heavy atom. The summed E-state index contributed by atoms with van der Waals surface area (Å²) in [6.45, 7) is -1.13. The third kappa shape index (κ3) is 11.9. The van der Waals surface area contributed by atoms with E-state index < -0.39 is 31.6 Å². The lowest BCUT2D eigenvalue weighted by atomic mass is 10.5. The molecule has 0 bridgehead atoms. The van der Waals surface area contributed by atoms with E-state index in [9.17, 15) is 21.1 Å². The zero-order valence-electron chi connectivity index (χ0n) is 6.22. The molecule has 0 aliphatic carbocycles. The maximum atomic E-state index is 11.7. The van der Waals surface area contributed by atoms with E-state index in [-0.39, 0.29) is 6.42 Å². The fourth-order valence-corrected chi connectivity index (χ4v) is 1.07. The monoisotopic (exact) mass is 240 g/mol. The van der Waals surface area contributed by atoms with Crippen molar-refractivity contribution in [2.45, 2.75) is 6.42 Å². The van der Waals surface area contributed by atoms with E-state index in [4.69, 9.17) is 4.89 Å². The summed E-state index contributed by atoms with van der Waals surface area (Å²) in [7, 11) is -10.1. The summed E-state index contributed by atoms with van der Waals surface area (Å²) >= 11 is 0. The summed E-state index contributed by atoms with van der Waals surface area (Å²) in [5.41, 5.74) is 0. The highest BCUT2D eigenvalue weighted by atomic mass is 32.3. The molecule has 0 spiro atoms. The molecule has 0 fully saturated rings. The molecule has 0 aromatic carbocycles. The van der Waals surface area contributed by atoms with Gasteiger partial charge < -0.3 is 0 Å². The molecule has 0 aromatic rings. The van der Waals surface area contributed by atoms with Crippen LogP contribution in [0.2, 0.25) is 0 Å². The Hall–Kier alpha value is -0.0800. The summed E-state index contributed by atoms with van der Waals surface area (Å²) in [4.78, 5) is 7.91. The Morgan fingerprint density at radius 1 is 1.38 bits per heavy atom. The van der Waals surface area contributed by atoms with Gasteiger partial charge in [0.1, 0.15) is 0 Å². The van der Waals surface area contributed by atoms with Crippen LogP contribution in [0.5, 0.6) is 0 Å². The minimum absolute atomic E-state index is 0.225. The van der Waals surface area contributed by atoms with Gasteiger partial charge in [0, 0.05) is 0 Å². The maximum absolute atomic E-state index is 11.7. The first-order valence-corrected chi connectivity index (χ1v) is 5.74. The van der Waals surface area contributed by atoms with Gasteiger partial charge in [-0.25, -0.2) is 8.75 Å². The van der Waals surface area contributed by atoms with Crippen molar-refractivity contribution in [3.63, 3.8) is 0 Å². The van der Waals surface area contributed by atoms with Gasteiger partial charge in [-0.05, 0) is 6.42 Å².